The minimum absolute atomic E-state index is 0.0000843. The summed E-state index contributed by atoms with van der Waals surface area (Å²) in [5.74, 6) is 2.24. The number of thiophene rings is 1. The molecule has 0 spiro atoms. The minimum atomic E-state index is -0.0000843. The first kappa shape index (κ1) is 38.2. The van der Waals surface area contributed by atoms with Gasteiger partial charge in [0.2, 0.25) is 0 Å². The molecular formula is C60H43N3S. The van der Waals surface area contributed by atoms with E-state index >= 15 is 0 Å². The summed E-state index contributed by atoms with van der Waals surface area (Å²) in [7, 11) is 0. The summed E-state index contributed by atoms with van der Waals surface area (Å²) in [4.78, 5) is 15.4. The van der Waals surface area contributed by atoms with E-state index in [4.69, 9.17) is 15.0 Å². The minimum Gasteiger partial charge on any atom is -0.208 e. The van der Waals surface area contributed by atoms with E-state index in [2.05, 4.69) is 202 Å². The molecule has 0 bridgehead atoms. The number of allylic oxidation sites excluding steroid dienone is 4. The first-order chi connectivity index (χ1) is 31.4. The highest BCUT2D eigenvalue weighted by Crippen LogP contribution is 2.52. The summed E-state index contributed by atoms with van der Waals surface area (Å²) in [5, 5.41) is 2.56. The van der Waals surface area contributed by atoms with Crippen LogP contribution in [0.1, 0.15) is 42.9 Å². The van der Waals surface area contributed by atoms with E-state index in [1.54, 1.807) is 0 Å². The molecule has 64 heavy (non-hydrogen) atoms. The van der Waals surface area contributed by atoms with Crippen molar-refractivity contribution in [1.29, 1.82) is 0 Å². The first-order valence-corrected chi connectivity index (χ1v) is 22.9. The summed E-state index contributed by atoms with van der Waals surface area (Å²) in [6.45, 7) is 4.75. The molecule has 12 rings (SSSR count). The summed E-state index contributed by atoms with van der Waals surface area (Å²) >= 11 is 1.85. The zero-order valence-electron chi connectivity index (χ0n) is 35.7. The molecule has 10 aromatic rings. The fourth-order valence-corrected chi connectivity index (χ4v) is 11.1. The van der Waals surface area contributed by atoms with E-state index in [0.717, 1.165) is 28.7 Å². The Kier molecular flexibility index (Phi) is 9.17. The lowest BCUT2D eigenvalue weighted by Crippen LogP contribution is -2.19. The van der Waals surface area contributed by atoms with Gasteiger partial charge in [0, 0.05) is 48.2 Å². The molecule has 2 heterocycles. The molecule has 1 atom stereocenters. The molecule has 2 aliphatic carbocycles. The summed E-state index contributed by atoms with van der Waals surface area (Å²) in [5.41, 5.74) is 17.1. The molecule has 4 heteroatoms. The van der Waals surface area contributed by atoms with Crippen LogP contribution < -0.4 is 0 Å². The molecule has 8 aromatic carbocycles. The van der Waals surface area contributed by atoms with Crippen molar-refractivity contribution >= 4 is 37.1 Å². The Morgan fingerprint density at radius 2 is 1.00 bits per heavy atom. The largest absolute Gasteiger partial charge is 0.208 e. The molecule has 0 radical (unpaired) electrons. The van der Waals surface area contributed by atoms with Crippen molar-refractivity contribution in [3.63, 3.8) is 0 Å². The second-order valence-corrected chi connectivity index (χ2v) is 18.6. The van der Waals surface area contributed by atoms with Gasteiger partial charge in [-0.05, 0) is 86.3 Å². The highest BCUT2D eigenvalue weighted by molar-refractivity contribution is 7.26. The Balaban J connectivity index is 0.880. The fraction of sp³-hybridized carbons (Fsp3) is 0.0833. The van der Waals surface area contributed by atoms with Gasteiger partial charge in [0.05, 0.1) is 0 Å². The van der Waals surface area contributed by atoms with Gasteiger partial charge in [0.15, 0.2) is 17.5 Å². The van der Waals surface area contributed by atoms with Crippen molar-refractivity contribution in [1.82, 2.24) is 15.0 Å². The van der Waals surface area contributed by atoms with Crippen LogP contribution in [0.2, 0.25) is 0 Å². The molecule has 304 valence electrons. The Morgan fingerprint density at radius 1 is 0.453 bits per heavy atom. The SMILES string of the molecule is CC1(C)C2=C(C=CC(c3cccc(-c4nc(-c5ccccc5)nc(-c5ccc(-c6cccc7sc8ccc(-c9ccc(-c%10ccccc%10)cc9)cc8c67)cc5)n4)c3)C2)c2ccccc21. The van der Waals surface area contributed by atoms with Gasteiger partial charge in [-0.15, -0.1) is 11.3 Å². The number of benzene rings is 8. The lowest BCUT2D eigenvalue weighted by atomic mass is 9.75. The van der Waals surface area contributed by atoms with E-state index in [9.17, 15) is 0 Å². The zero-order valence-corrected chi connectivity index (χ0v) is 36.5. The Hall–Kier alpha value is -7.53. The van der Waals surface area contributed by atoms with E-state index in [-0.39, 0.29) is 11.3 Å². The van der Waals surface area contributed by atoms with Crippen molar-refractivity contribution < 1.29 is 0 Å². The van der Waals surface area contributed by atoms with E-state index in [1.807, 2.05) is 29.5 Å². The van der Waals surface area contributed by atoms with Crippen LogP contribution in [0.3, 0.4) is 0 Å². The van der Waals surface area contributed by atoms with Crippen molar-refractivity contribution in [3.05, 3.63) is 229 Å². The van der Waals surface area contributed by atoms with Gasteiger partial charge >= 0.3 is 0 Å². The molecule has 2 aromatic heterocycles. The topological polar surface area (TPSA) is 38.7 Å². The van der Waals surface area contributed by atoms with Crippen LogP contribution in [-0.4, -0.2) is 15.0 Å². The van der Waals surface area contributed by atoms with Crippen molar-refractivity contribution in [2.45, 2.75) is 31.6 Å². The Morgan fingerprint density at radius 3 is 1.75 bits per heavy atom. The van der Waals surface area contributed by atoms with Crippen molar-refractivity contribution in [3.8, 4) is 67.5 Å². The number of aromatic nitrogens is 3. The summed E-state index contributed by atoms with van der Waals surface area (Å²) in [6.07, 6.45) is 5.72. The number of hydrogen-bond acceptors (Lipinski definition) is 4. The van der Waals surface area contributed by atoms with Gasteiger partial charge in [0.25, 0.3) is 0 Å². The number of nitrogens with zero attached hydrogens (tertiary/aromatic N) is 3. The van der Waals surface area contributed by atoms with Gasteiger partial charge in [-0.25, -0.2) is 15.0 Å². The molecule has 1 unspecified atom stereocenters. The average Bonchev–Trinajstić information content (AvgIpc) is 3.85. The third-order valence-electron chi connectivity index (χ3n) is 13.4. The molecule has 3 nitrogen and oxygen atoms in total. The third-order valence-corrected chi connectivity index (χ3v) is 14.5. The predicted molar refractivity (Wildman–Crippen MR) is 268 cm³/mol. The van der Waals surface area contributed by atoms with E-state index in [1.165, 1.54) is 75.8 Å². The molecule has 0 N–H and O–H groups in total. The first-order valence-electron chi connectivity index (χ1n) is 22.1. The number of fused-ring (bicyclic) bond motifs is 5. The molecule has 0 saturated carbocycles. The molecule has 0 fully saturated rings. The van der Waals surface area contributed by atoms with Crippen LogP contribution in [0.5, 0.6) is 0 Å². The van der Waals surface area contributed by atoms with E-state index < -0.39 is 0 Å². The zero-order chi connectivity index (χ0) is 42.8. The highest BCUT2D eigenvalue weighted by atomic mass is 32.1. The quantitative estimate of drug-likeness (QED) is 0.160. The third kappa shape index (κ3) is 6.61. The standard InChI is InChI=1S/C60H43N3S/c1-60(2)52-21-10-9-19-49(52)50-33-31-46(37-53(50)60)44-17-11-18-47(35-44)59-62-57(42-15-7-4-8-16-42)61-58(63-59)43-29-27-41(28-30-43)48-20-12-22-55-56(48)51-36-45(32-34-54(51)64-55)40-25-23-39(24-26-40)38-13-5-3-6-14-38/h3-36,46H,37H2,1-2H3. The van der Waals surface area contributed by atoms with Gasteiger partial charge in [-0.2, -0.15) is 0 Å². The molecular weight excluding hydrogens is 795 g/mol. The monoisotopic (exact) mass is 837 g/mol. The van der Waals surface area contributed by atoms with Crippen LogP contribution in [-0.2, 0) is 5.41 Å². The maximum Gasteiger partial charge on any atom is 0.164 e. The predicted octanol–water partition coefficient (Wildman–Crippen LogP) is 16.0. The fourth-order valence-electron chi connectivity index (χ4n) is 10.00. The van der Waals surface area contributed by atoms with Crippen molar-refractivity contribution in [2.24, 2.45) is 0 Å². The summed E-state index contributed by atoms with van der Waals surface area (Å²) < 4.78 is 2.57. The van der Waals surface area contributed by atoms with Gasteiger partial charge < -0.3 is 0 Å². The lowest BCUT2D eigenvalue weighted by molar-refractivity contribution is 0.591. The number of rotatable bonds is 7. The van der Waals surface area contributed by atoms with Gasteiger partial charge in [0.1, 0.15) is 0 Å². The summed E-state index contributed by atoms with van der Waals surface area (Å²) in [6, 6.07) is 69.7. The second-order valence-electron chi connectivity index (χ2n) is 17.5. The van der Waals surface area contributed by atoms with E-state index in [0.29, 0.717) is 17.5 Å². The van der Waals surface area contributed by atoms with Crippen molar-refractivity contribution in [2.75, 3.05) is 0 Å². The van der Waals surface area contributed by atoms with Crippen LogP contribution >= 0.6 is 11.3 Å². The highest BCUT2D eigenvalue weighted by Gasteiger charge is 2.39. The second kappa shape index (κ2) is 15.4. The van der Waals surface area contributed by atoms with Crippen LogP contribution in [0.4, 0.5) is 0 Å². The van der Waals surface area contributed by atoms with Crippen LogP contribution in [0, 0.1) is 0 Å². The molecule has 2 aliphatic rings. The number of hydrogen-bond donors (Lipinski definition) is 0. The van der Waals surface area contributed by atoms with Crippen LogP contribution in [0.15, 0.2) is 212 Å². The Bertz CT molecular complexity index is 3470. The normalized spacial score (nSPS) is 15.1. The molecule has 0 aliphatic heterocycles. The maximum absolute atomic E-state index is 5.19. The van der Waals surface area contributed by atoms with Gasteiger partial charge in [-0.1, -0.05) is 201 Å². The Labute approximate surface area is 377 Å². The van der Waals surface area contributed by atoms with Crippen LogP contribution in [0.25, 0.3) is 93.3 Å². The smallest absolute Gasteiger partial charge is 0.164 e. The maximum atomic E-state index is 5.19. The molecule has 0 saturated heterocycles. The lowest BCUT2D eigenvalue weighted by Gasteiger charge is -2.29. The van der Waals surface area contributed by atoms with Gasteiger partial charge in [-0.3, -0.25) is 0 Å². The average molecular weight is 838 g/mol. The molecule has 0 amide bonds.